The number of benzene rings is 1. The van der Waals surface area contributed by atoms with Crippen molar-refractivity contribution in [3.63, 3.8) is 0 Å². The van der Waals surface area contributed by atoms with Crippen LogP contribution in [0.3, 0.4) is 0 Å². The number of para-hydroxylation sites is 1. The molecule has 0 bridgehead atoms. The average Bonchev–Trinajstić information content (AvgIpc) is 2.38. The molecule has 0 amide bonds. The Balaban J connectivity index is 2.10. The van der Waals surface area contributed by atoms with E-state index in [4.69, 9.17) is 0 Å². The van der Waals surface area contributed by atoms with Gasteiger partial charge in [-0.1, -0.05) is 38.5 Å². The van der Waals surface area contributed by atoms with Crippen molar-refractivity contribution < 1.29 is 0 Å². The molecule has 0 saturated carbocycles. The molecule has 0 aromatic heterocycles. The molecule has 1 saturated heterocycles. The minimum atomic E-state index is 0.633. The second-order valence-corrected chi connectivity index (χ2v) is 5.18. The zero-order valence-corrected chi connectivity index (χ0v) is 11.2. The van der Waals surface area contributed by atoms with Crippen LogP contribution in [0.2, 0.25) is 0 Å². The Kier molecular flexibility index (Phi) is 4.06. The number of nitrogens with one attached hydrogen (secondary N) is 1. The molecule has 1 aromatic carbocycles. The lowest BCUT2D eigenvalue weighted by Crippen LogP contribution is -2.53. The predicted octanol–water partition coefficient (Wildman–Crippen LogP) is 2.82. The van der Waals surface area contributed by atoms with E-state index in [9.17, 15) is 0 Å². The van der Waals surface area contributed by atoms with Crippen molar-refractivity contribution in [3.8, 4) is 0 Å². The van der Waals surface area contributed by atoms with E-state index < -0.39 is 0 Å². The summed E-state index contributed by atoms with van der Waals surface area (Å²) in [6.07, 6.45) is 1.25. The van der Waals surface area contributed by atoms with Gasteiger partial charge in [0, 0.05) is 31.4 Å². The van der Waals surface area contributed by atoms with E-state index in [1.54, 1.807) is 0 Å². The van der Waals surface area contributed by atoms with Gasteiger partial charge in [-0.2, -0.15) is 0 Å². The second kappa shape index (κ2) is 5.54. The highest BCUT2D eigenvalue weighted by Gasteiger charge is 2.23. The topological polar surface area (TPSA) is 15.3 Å². The maximum absolute atomic E-state index is 3.65. The summed E-state index contributed by atoms with van der Waals surface area (Å²) in [5.41, 5.74) is 2.79. The highest BCUT2D eigenvalue weighted by atomic mass is 15.2. The lowest BCUT2D eigenvalue weighted by molar-refractivity contribution is 0.341. The molecule has 2 atom stereocenters. The largest absolute Gasteiger partial charge is 0.368 e. The fourth-order valence-corrected chi connectivity index (χ4v) is 2.58. The maximum Gasteiger partial charge on any atom is 0.0396 e. The van der Waals surface area contributed by atoms with E-state index in [0.717, 1.165) is 25.6 Å². The quantitative estimate of drug-likeness (QED) is 0.862. The fourth-order valence-electron chi connectivity index (χ4n) is 2.58. The molecule has 1 N–H and O–H groups in total. The molecule has 1 aliphatic rings. The molecule has 1 fully saturated rings. The van der Waals surface area contributed by atoms with Crippen LogP contribution in [0.1, 0.15) is 25.8 Å². The first-order chi connectivity index (χ1) is 8.22. The van der Waals surface area contributed by atoms with Crippen LogP contribution in [-0.4, -0.2) is 25.7 Å². The van der Waals surface area contributed by atoms with Crippen LogP contribution in [0.5, 0.6) is 0 Å². The summed E-state index contributed by atoms with van der Waals surface area (Å²) in [4.78, 5) is 2.53. The Morgan fingerprint density at radius 1 is 1.41 bits per heavy atom. The number of aryl methyl sites for hydroxylation is 1. The lowest BCUT2D eigenvalue weighted by Gasteiger charge is -2.38. The summed E-state index contributed by atoms with van der Waals surface area (Å²) in [5, 5.41) is 3.65. The molecule has 1 aliphatic heterocycles. The van der Waals surface area contributed by atoms with E-state index in [-0.39, 0.29) is 0 Å². The molecule has 1 heterocycles. The van der Waals surface area contributed by atoms with Crippen LogP contribution in [0.4, 0.5) is 5.69 Å². The zero-order valence-electron chi connectivity index (χ0n) is 11.2. The van der Waals surface area contributed by atoms with E-state index >= 15 is 0 Å². The molecular formula is C15H24N2. The van der Waals surface area contributed by atoms with Gasteiger partial charge in [0.2, 0.25) is 0 Å². The summed E-state index contributed by atoms with van der Waals surface area (Å²) < 4.78 is 0. The van der Waals surface area contributed by atoms with Crippen LogP contribution in [0, 0.1) is 12.8 Å². The number of piperazine rings is 1. The number of hydrogen-bond acceptors (Lipinski definition) is 2. The van der Waals surface area contributed by atoms with Crippen molar-refractivity contribution in [2.75, 3.05) is 24.5 Å². The van der Waals surface area contributed by atoms with E-state index in [2.05, 4.69) is 55.3 Å². The Morgan fingerprint density at radius 2 is 2.18 bits per heavy atom. The molecular weight excluding hydrogens is 208 g/mol. The van der Waals surface area contributed by atoms with Gasteiger partial charge >= 0.3 is 0 Å². The molecule has 1 aromatic rings. The van der Waals surface area contributed by atoms with Gasteiger partial charge in [-0.25, -0.2) is 0 Å². The monoisotopic (exact) mass is 232 g/mol. The first kappa shape index (κ1) is 12.4. The highest BCUT2D eigenvalue weighted by molar-refractivity contribution is 5.53. The van der Waals surface area contributed by atoms with Crippen LogP contribution in [0.25, 0.3) is 0 Å². The smallest absolute Gasteiger partial charge is 0.0396 e. The third-order valence-electron chi connectivity index (χ3n) is 3.99. The minimum Gasteiger partial charge on any atom is -0.368 e. The van der Waals surface area contributed by atoms with E-state index in [1.165, 1.54) is 17.7 Å². The first-order valence-electron chi connectivity index (χ1n) is 6.76. The van der Waals surface area contributed by atoms with Crippen molar-refractivity contribution >= 4 is 5.69 Å². The van der Waals surface area contributed by atoms with Crippen molar-refractivity contribution in [2.24, 2.45) is 5.92 Å². The molecule has 0 spiro atoms. The maximum atomic E-state index is 3.65. The van der Waals surface area contributed by atoms with Gasteiger partial charge in [-0.15, -0.1) is 0 Å². The van der Waals surface area contributed by atoms with E-state index in [0.29, 0.717) is 6.04 Å². The Labute approximate surface area is 105 Å². The first-order valence-corrected chi connectivity index (χ1v) is 6.76. The molecule has 2 heteroatoms. The van der Waals surface area contributed by atoms with E-state index in [1.807, 2.05) is 0 Å². The number of nitrogens with zero attached hydrogens (tertiary/aromatic N) is 1. The van der Waals surface area contributed by atoms with Gasteiger partial charge in [0.1, 0.15) is 0 Å². The molecule has 0 radical (unpaired) electrons. The molecule has 94 valence electrons. The standard InChI is InChI=1S/C15H24N2/c1-4-12(2)14-11-17(10-9-16-14)15-8-6-5-7-13(15)3/h5-8,12,14,16H,4,9-11H2,1-3H3. The second-order valence-electron chi connectivity index (χ2n) is 5.18. The lowest BCUT2D eigenvalue weighted by atomic mass is 9.96. The molecule has 0 aliphatic carbocycles. The van der Waals surface area contributed by atoms with Crippen LogP contribution in [0.15, 0.2) is 24.3 Å². The molecule has 2 unspecified atom stereocenters. The van der Waals surface area contributed by atoms with Gasteiger partial charge in [0.25, 0.3) is 0 Å². The van der Waals surface area contributed by atoms with Crippen LogP contribution in [-0.2, 0) is 0 Å². The summed E-state index contributed by atoms with van der Waals surface area (Å²) in [6, 6.07) is 9.34. The van der Waals surface area contributed by atoms with Crippen molar-refractivity contribution in [1.82, 2.24) is 5.32 Å². The molecule has 2 rings (SSSR count). The third-order valence-corrected chi connectivity index (χ3v) is 3.99. The molecule has 2 nitrogen and oxygen atoms in total. The summed E-state index contributed by atoms with van der Waals surface area (Å²) >= 11 is 0. The summed E-state index contributed by atoms with van der Waals surface area (Å²) in [6.45, 7) is 10.2. The highest BCUT2D eigenvalue weighted by Crippen LogP contribution is 2.22. The number of anilines is 1. The zero-order chi connectivity index (χ0) is 12.3. The van der Waals surface area contributed by atoms with Crippen molar-refractivity contribution in [2.45, 2.75) is 33.2 Å². The molecule has 17 heavy (non-hydrogen) atoms. The van der Waals surface area contributed by atoms with Gasteiger partial charge in [-0.05, 0) is 24.5 Å². The van der Waals surface area contributed by atoms with Crippen molar-refractivity contribution in [1.29, 1.82) is 0 Å². The Morgan fingerprint density at radius 3 is 2.88 bits per heavy atom. The third kappa shape index (κ3) is 2.81. The average molecular weight is 232 g/mol. The van der Waals surface area contributed by atoms with Gasteiger partial charge < -0.3 is 10.2 Å². The summed E-state index contributed by atoms with van der Waals surface area (Å²) in [7, 11) is 0. The fraction of sp³-hybridized carbons (Fsp3) is 0.600. The SMILES string of the molecule is CCC(C)C1CN(c2ccccc2C)CCN1. The number of hydrogen-bond donors (Lipinski definition) is 1. The Hall–Kier alpha value is -1.02. The van der Waals surface area contributed by atoms with Gasteiger partial charge in [0.15, 0.2) is 0 Å². The number of rotatable bonds is 3. The Bertz CT molecular complexity index is 362. The predicted molar refractivity (Wildman–Crippen MR) is 74.6 cm³/mol. The van der Waals surface area contributed by atoms with Crippen LogP contribution >= 0.6 is 0 Å². The minimum absolute atomic E-state index is 0.633. The summed E-state index contributed by atoms with van der Waals surface area (Å²) in [5.74, 6) is 0.752. The van der Waals surface area contributed by atoms with Gasteiger partial charge in [0.05, 0.1) is 0 Å². The normalized spacial score (nSPS) is 22.5. The van der Waals surface area contributed by atoms with Crippen molar-refractivity contribution in [3.05, 3.63) is 29.8 Å². The van der Waals surface area contributed by atoms with Crippen LogP contribution < -0.4 is 10.2 Å². The van der Waals surface area contributed by atoms with Gasteiger partial charge in [-0.3, -0.25) is 0 Å².